The van der Waals surface area contributed by atoms with Crippen LogP contribution in [-0.2, 0) is 9.53 Å². The molecule has 0 N–H and O–H groups in total. The van der Waals surface area contributed by atoms with Crippen molar-refractivity contribution in [3.05, 3.63) is 41.2 Å². The molecule has 1 aliphatic rings. The lowest BCUT2D eigenvalue weighted by molar-refractivity contribution is -0.136. The zero-order valence-electron chi connectivity index (χ0n) is 16.0. The predicted molar refractivity (Wildman–Crippen MR) is 107 cm³/mol. The average molecular weight is 389 g/mol. The second kappa shape index (κ2) is 8.67. The Kier molecular flexibility index (Phi) is 6.29. The molecule has 0 saturated carbocycles. The summed E-state index contributed by atoms with van der Waals surface area (Å²) in [7, 11) is 5.40. The topological polar surface area (TPSA) is 58.6 Å². The van der Waals surface area contributed by atoms with Crippen LogP contribution in [0.4, 0.5) is 5.95 Å². The summed E-state index contributed by atoms with van der Waals surface area (Å²) in [6.07, 6.45) is 3.81. The van der Waals surface area contributed by atoms with Crippen molar-refractivity contribution in [2.45, 2.75) is 18.8 Å². The van der Waals surface area contributed by atoms with Crippen LogP contribution in [-0.4, -0.2) is 61.7 Å². The van der Waals surface area contributed by atoms with Gasteiger partial charge in [0.25, 0.3) is 0 Å². The summed E-state index contributed by atoms with van der Waals surface area (Å²) in [5, 5.41) is 0.695. The normalized spacial score (nSPS) is 17.0. The molecule has 0 radical (unpaired) electrons. The maximum Gasteiger partial charge on any atom is 0.248 e. The number of aromatic nitrogens is 2. The van der Waals surface area contributed by atoms with E-state index in [1.165, 1.54) is 0 Å². The molecule has 2 aromatic rings. The van der Waals surface area contributed by atoms with Crippen LogP contribution in [0.25, 0.3) is 11.1 Å². The van der Waals surface area contributed by atoms with Gasteiger partial charge in [-0.1, -0.05) is 23.7 Å². The highest BCUT2D eigenvalue weighted by Gasteiger charge is 2.28. The van der Waals surface area contributed by atoms with Gasteiger partial charge in [-0.25, -0.2) is 9.97 Å². The van der Waals surface area contributed by atoms with Crippen molar-refractivity contribution in [3.63, 3.8) is 0 Å². The van der Waals surface area contributed by atoms with E-state index in [1.54, 1.807) is 7.11 Å². The molecule has 1 fully saturated rings. The van der Waals surface area contributed by atoms with Gasteiger partial charge < -0.3 is 14.5 Å². The summed E-state index contributed by atoms with van der Waals surface area (Å²) in [5.41, 5.74) is 2.99. The molecule has 144 valence electrons. The SMILES string of the molecule is COCC(=O)N1CCC[C@@H](c2nc(N(C)C)ncc2-c2ccc(Cl)cc2)C1. The Morgan fingerprint density at radius 2 is 2.07 bits per heavy atom. The van der Waals surface area contributed by atoms with E-state index in [-0.39, 0.29) is 18.4 Å². The Hall–Kier alpha value is -2.18. The number of hydrogen-bond acceptors (Lipinski definition) is 5. The highest BCUT2D eigenvalue weighted by Crippen LogP contribution is 2.34. The van der Waals surface area contributed by atoms with Gasteiger partial charge in [-0.05, 0) is 30.5 Å². The van der Waals surface area contributed by atoms with Crippen molar-refractivity contribution in [3.8, 4) is 11.1 Å². The highest BCUT2D eigenvalue weighted by atomic mass is 35.5. The monoisotopic (exact) mass is 388 g/mol. The van der Waals surface area contributed by atoms with Crippen LogP contribution >= 0.6 is 11.6 Å². The Labute approximate surface area is 165 Å². The van der Waals surface area contributed by atoms with Gasteiger partial charge in [0.05, 0.1) is 5.69 Å². The maximum absolute atomic E-state index is 12.3. The predicted octanol–water partition coefficient (Wildman–Crippen LogP) is 3.22. The fourth-order valence-corrected chi connectivity index (χ4v) is 3.53. The molecular weight excluding hydrogens is 364 g/mol. The number of carbonyl (C=O) groups excluding carboxylic acids is 1. The van der Waals surface area contributed by atoms with Crippen LogP contribution in [0.1, 0.15) is 24.5 Å². The van der Waals surface area contributed by atoms with Crippen molar-refractivity contribution in [1.82, 2.24) is 14.9 Å². The summed E-state index contributed by atoms with van der Waals surface area (Å²) >= 11 is 6.04. The van der Waals surface area contributed by atoms with E-state index in [0.717, 1.165) is 36.2 Å². The molecule has 7 heteroatoms. The molecule has 1 aromatic carbocycles. The van der Waals surface area contributed by atoms with Gasteiger partial charge in [0.1, 0.15) is 6.61 Å². The third-order valence-electron chi connectivity index (χ3n) is 4.79. The lowest BCUT2D eigenvalue weighted by atomic mass is 9.90. The Morgan fingerprint density at radius 1 is 1.33 bits per heavy atom. The summed E-state index contributed by atoms with van der Waals surface area (Å²) in [5.74, 6) is 0.854. The number of hydrogen-bond donors (Lipinski definition) is 0. The Morgan fingerprint density at radius 3 is 2.74 bits per heavy atom. The number of benzene rings is 1. The Bertz CT molecular complexity index is 795. The van der Waals surface area contributed by atoms with Crippen LogP contribution in [0.2, 0.25) is 5.02 Å². The van der Waals surface area contributed by atoms with Gasteiger partial charge in [0.2, 0.25) is 11.9 Å². The average Bonchev–Trinajstić information content (AvgIpc) is 2.68. The lowest BCUT2D eigenvalue weighted by Gasteiger charge is -2.33. The molecular formula is C20H25ClN4O2. The number of methoxy groups -OCH3 is 1. The zero-order chi connectivity index (χ0) is 19.4. The number of halogens is 1. The highest BCUT2D eigenvalue weighted by molar-refractivity contribution is 6.30. The quantitative estimate of drug-likeness (QED) is 0.787. The van der Waals surface area contributed by atoms with E-state index < -0.39 is 0 Å². The molecule has 1 aliphatic heterocycles. The fraction of sp³-hybridized carbons (Fsp3) is 0.450. The lowest BCUT2D eigenvalue weighted by Crippen LogP contribution is -2.41. The first-order valence-corrected chi connectivity index (χ1v) is 9.44. The molecule has 2 heterocycles. The van der Waals surface area contributed by atoms with E-state index >= 15 is 0 Å². The second-order valence-electron chi connectivity index (χ2n) is 6.98. The minimum atomic E-state index is 0.0251. The molecule has 3 rings (SSSR count). The number of likely N-dealkylation sites (tertiary alicyclic amines) is 1. The smallest absolute Gasteiger partial charge is 0.248 e. The number of rotatable bonds is 5. The van der Waals surface area contributed by atoms with Crippen molar-refractivity contribution in [2.75, 3.05) is 45.8 Å². The van der Waals surface area contributed by atoms with Gasteiger partial charge in [-0.2, -0.15) is 0 Å². The third kappa shape index (κ3) is 4.57. The zero-order valence-corrected chi connectivity index (χ0v) is 16.7. The van der Waals surface area contributed by atoms with E-state index in [1.807, 2.05) is 54.4 Å². The number of ether oxygens (including phenoxy) is 1. The largest absolute Gasteiger partial charge is 0.375 e. The van der Waals surface area contributed by atoms with Crippen molar-refractivity contribution < 1.29 is 9.53 Å². The molecule has 1 saturated heterocycles. The van der Waals surface area contributed by atoms with Gasteiger partial charge in [0.15, 0.2) is 0 Å². The molecule has 6 nitrogen and oxygen atoms in total. The first-order chi connectivity index (χ1) is 13.0. The number of piperidine rings is 1. The number of nitrogens with zero attached hydrogens (tertiary/aromatic N) is 4. The summed E-state index contributed by atoms with van der Waals surface area (Å²) in [4.78, 5) is 25.4. The summed E-state index contributed by atoms with van der Waals surface area (Å²) < 4.78 is 5.02. The van der Waals surface area contributed by atoms with E-state index in [2.05, 4.69) is 4.98 Å². The van der Waals surface area contributed by atoms with Gasteiger partial charge in [0, 0.05) is 57.0 Å². The molecule has 0 bridgehead atoms. The summed E-state index contributed by atoms with van der Waals surface area (Å²) in [6, 6.07) is 7.71. The van der Waals surface area contributed by atoms with E-state index in [9.17, 15) is 4.79 Å². The minimum absolute atomic E-state index is 0.0251. The van der Waals surface area contributed by atoms with Crippen LogP contribution in [0.15, 0.2) is 30.5 Å². The van der Waals surface area contributed by atoms with Crippen molar-refractivity contribution in [1.29, 1.82) is 0 Å². The molecule has 1 amide bonds. The van der Waals surface area contributed by atoms with Crippen molar-refractivity contribution in [2.24, 2.45) is 0 Å². The first kappa shape index (κ1) is 19.6. The van der Waals surface area contributed by atoms with E-state index in [0.29, 0.717) is 17.5 Å². The number of amides is 1. The third-order valence-corrected chi connectivity index (χ3v) is 5.04. The minimum Gasteiger partial charge on any atom is -0.375 e. The van der Waals surface area contributed by atoms with Gasteiger partial charge in [-0.15, -0.1) is 0 Å². The molecule has 0 aliphatic carbocycles. The molecule has 1 atom stereocenters. The number of carbonyl (C=O) groups is 1. The molecule has 1 aromatic heterocycles. The molecule has 0 unspecified atom stereocenters. The van der Waals surface area contributed by atoms with Crippen LogP contribution in [0.5, 0.6) is 0 Å². The Balaban J connectivity index is 1.97. The van der Waals surface area contributed by atoms with Crippen molar-refractivity contribution >= 4 is 23.5 Å². The standard InChI is InChI=1S/C20H25ClN4O2/c1-24(2)20-22-11-17(14-6-8-16(21)9-7-14)19(23-20)15-5-4-10-25(12-15)18(26)13-27-3/h6-9,11,15H,4-5,10,12-13H2,1-3H3/t15-/m1/s1. The molecule has 0 spiro atoms. The van der Waals surface area contributed by atoms with E-state index in [4.69, 9.17) is 21.3 Å². The van der Waals surface area contributed by atoms with Crippen LogP contribution in [0.3, 0.4) is 0 Å². The van der Waals surface area contributed by atoms with Gasteiger partial charge >= 0.3 is 0 Å². The summed E-state index contributed by atoms with van der Waals surface area (Å²) in [6.45, 7) is 1.52. The fourth-order valence-electron chi connectivity index (χ4n) is 3.41. The molecule has 27 heavy (non-hydrogen) atoms. The second-order valence-corrected chi connectivity index (χ2v) is 7.42. The maximum atomic E-state index is 12.3. The van der Waals surface area contributed by atoms with Crippen LogP contribution in [0, 0.1) is 0 Å². The number of anilines is 1. The first-order valence-electron chi connectivity index (χ1n) is 9.06. The van der Waals surface area contributed by atoms with Gasteiger partial charge in [-0.3, -0.25) is 4.79 Å². The van der Waals surface area contributed by atoms with Crippen LogP contribution < -0.4 is 4.90 Å².